The number of halogens is 2. The molecule has 0 saturated heterocycles. The summed E-state index contributed by atoms with van der Waals surface area (Å²) in [5.41, 5.74) is 0. The van der Waals surface area contributed by atoms with Gasteiger partial charge in [-0.15, -0.1) is 35.8 Å². The van der Waals surface area contributed by atoms with E-state index >= 15 is 0 Å². The molecular weight excluding hydrogens is 897 g/mol. The first-order chi connectivity index (χ1) is 16.8. The van der Waals surface area contributed by atoms with E-state index in [4.69, 9.17) is 23.2 Å². The third-order valence-corrected chi connectivity index (χ3v) is 6.18. The number of hydrogen-bond acceptors (Lipinski definition) is 8. The van der Waals surface area contributed by atoms with Crippen molar-refractivity contribution >= 4 is 43.6 Å². The van der Waals surface area contributed by atoms with Gasteiger partial charge in [-0.25, -0.2) is 0 Å². The molecule has 0 aliphatic carbocycles. The molecule has 0 aliphatic heterocycles. The molecule has 14 nitrogen and oxygen atoms in total. The van der Waals surface area contributed by atoms with Crippen LogP contribution in [-0.2, 0) is 20.4 Å². The molecule has 0 spiro atoms. The van der Waals surface area contributed by atoms with Crippen LogP contribution < -0.4 is 233 Å². The Bertz CT molecular complexity index is 1080. The van der Waals surface area contributed by atoms with E-state index in [0.29, 0.717) is 4.84 Å². The van der Waals surface area contributed by atoms with Gasteiger partial charge in [-0.2, -0.15) is 66.0 Å². The van der Waals surface area contributed by atoms with Crippen LogP contribution in [-0.4, -0.2) is 92.4 Å². The van der Waals surface area contributed by atoms with Gasteiger partial charge in [0.15, 0.2) is 0 Å². The van der Waals surface area contributed by atoms with Gasteiger partial charge in [0.25, 0.3) is 0 Å². The molecule has 4 aromatic heterocycles. The van der Waals surface area contributed by atoms with Crippen LogP contribution in [0.1, 0.15) is 6.92 Å². The van der Waals surface area contributed by atoms with E-state index in [1.807, 2.05) is 0 Å². The summed E-state index contributed by atoms with van der Waals surface area (Å²) in [6.45, 7) is 1.61. The van der Waals surface area contributed by atoms with Crippen molar-refractivity contribution in [3.8, 4) is 0 Å². The summed E-state index contributed by atoms with van der Waals surface area (Å²) in [7, 11) is -1.06. The topological polar surface area (TPSA) is 168 Å². The second kappa shape index (κ2) is 32.0. The minimum Gasteiger partial charge on any atom is -0.390 e. The van der Waals surface area contributed by atoms with E-state index < -0.39 is 20.4 Å². The summed E-state index contributed by atoms with van der Waals surface area (Å²) >= 11 is 9.91. The van der Waals surface area contributed by atoms with Crippen LogP contribution in [0.3, 0.4) is 0 Å². The average molecular weight is 923 g/mol. The number of aromatic amines is 2. The number of hydrogen-bond donors (Lipinski definition) is 2. The van der Waals surface area contributed by atoms with E-state index in [2.05, 4.69) is 49.2 Å². The second-order valence-corrected chi connectivity index (χ2v) is 11.4. The van der Waals surface area contributed by atoms with Gasteiger partial charge < -0.3 is 43.6 Å². The Morgan fingerprint density at radius 1 is 0.850 bits per heavy atom. The fourth-order valence-corrected chi connectivity index (χ4v) is 2.85. The zero-order valence-electron chi connectivity index (χ0n) is 24.0. The molecule has 0 fully saturated rings. The third kappa shape index (κ3) is 26.5. The number of nitrogens with zero attached hydrogens (tertiary/aromatic N) is 8. The quantitative estimate of drug-likeness (QED) is 0.191. The van der Waals surface area contributed by atoms with Crippen molar-refractivity contribution in [1.82, 2.24) is 47.4 Å². The first-order valence-corrected chi connectivity index (χ1v) is 13.0. The molecule has 4 aromatic rings. The van der Waals surface area contributed by atoms with Crippen LogP contribution in [0.15, 0.2) is 55.2 Å². The van der Waals surface area contributed by atoms with Crippen molar-refractivity contribution in [1.29, 1.82) is 0 Å². The SMILES string of the molecule is CN(C)S(=O)(=O)n1[c-]ccn1.CN(C)S(=O)(=O)n1cccn1.C[C-](Cl)Cl.[Rb+].[Rb+].[Rb+].[Rb+].[c-]1cc[nH]n1.[c-]1ccn[nH]1. The molecule has 0 radical (unpaired) electrons. The summed E-state index contributed by atoms with van der Waals surface area (Å²) < 4.78 is 48.7. The van der Waals surface area contributed by atoms with E-state index in [9.17, 15) is 16.8 Å². The zero-order valence-corrected chi connectivity index (χ0v) is 46.8. The minimum atomic E-state index is -3.45. The Labute approximate surface area is 442 Å². The smallest absolute Gasteiger partial charge is 0.390 e. The van der Waals surface area contributed by atoms with Crippen molar-refractivity contribution in [2.24, 2.45) is 0 Å². The van der Waals surface area contributed by atoms with Crippen LogP contribution in [0.2, 0.25) is 0 Å². The van der Waals surface area contributed by atoms with Gasteiger partial charge >= 0.3 is 253 Å². The molecule has 2 N–H and O–H groups in total. The van der Waals surface area contributed by atoms with E-state index in [-0.39, 0.29) is 233 Å². The summed E-state index contributed by atoms with van der Waals surface area (Å²) in [5, 5.41) is 19.2. The third-order valence-electron chi connectivity index (χ3n) is 3.01. The Balaban J connectivity index is -0.000000132. The Morgan fingerprint density at radius 3 is 1.68 bits per heavy atom. The summed E-state index contributed by atoms with van der Waals surface area (Å²) in [6.07, 6.45) is 15.1. The van der Waals surface area contributed by atoms with Gasteiger partial charge in [-0.05, 0) is 6.07 Å². The van der Waals surface area contributed by atoms with Gasteiger partial charge in [0.05, 0.1) is 6.20 Å². The maximum atomic E-state index is 11.2. The fourth-order valence-electron chi connectivity index (χ4n) is 1.44. The van der Waals surface area contributed by atoms with Crippen molar-refractivity contribution < 1.29 is 250 Å². The maximum absolute atomic E-state index is 11.2. The van der Waals surface area contributed by atoms with Crippen LogP contribution >= 0.6 is 23.2 Å². The van der Waals surface area contributed by atoms with Crippen molar-refractivity contribution in [3.63, 3.8) is 0 Å². The molecule has 0 aromatic carbocycles. The first-order valence-electron chi connectivity index (χ1n) is 9.46. The molecule has 202 valence electrons. The van der Waals surface area contributed by atoms with E-state index in [1.165, 1.54) is 52.8 Å². The molecular formula is C18H26Cl2N10O4Rb4S2. The first kappa shape index (κ1) is 53.9. The zero-order chi connectivity index (χ0) is 27.6. The summed E-state index contributed by atoms with van der Waals surface area (Å²) in [5.74, 6) is 0. The maximum Gasteiger partial charge on any atom is 1.00 e. The normalized spacial score (nSPS) is 9.65. The second-order valence-electron chi connectivity index (χ2n) is 6.12. The van der Waals surface area contributed by atoms with Crippen LogP contribution in [0.5, 0.6) is 0 Å². The van der Waals surface area contributed by atoms with Crippen LogP contribution in [0.25, 0.3) is 0 Å². The molecule has 0 amide bonds. The standard InChI is InChI=1S/C5H9N3O2S.C5H8N3O2S.2C3H3N2.C2H3Cl2.4Rb/c2*1-7(2)11(9,10)8-5-3-4-6-8;2*1-2-4-5-3-1;1-2(3)4;;;;/h3-5H,1-2H3;3-4H,1-2H3;2*1-2H,(H,4,5);1H3;;;;/q;4*-1;4*+1. The number of rotatable bonds is 4. The largest absolute Gasteiger partial charge is 1.00 e. The van der Waals surface area contributed by atoms with Gasteiger partial charge in [0.1, 0.15) is 0 Å². The number of H-pyrrole nitrogens is 2. The van der Waals surface area contributed by atoms with E-state index in [1.54, 1.807) is 37.5 Å². The van der Waals surface area contributed by atoms with Crippen LogP contribution in [0, 0.1) is 23.4 Å². The van der Waals surface area contributed by atoms with Crippen molar-refractivity contribution in [2.75, 3.05) is 28.2 Å². The molecule has 4 rings (SSSR count). The Hall–Kier alpha value is 4.46. The molecule has 0 atom stereocenters. The predicted octanol–water partition coefficient (Wildman–Crippen LogP) is -10.7. The van der Waals surface area contributed by atoms with Crippen LogP contribution in [0.4, 0.5) is 0 Å². The van der Waals surface area contributed by atoms with Gasteiger partial charge in [0, 0.05) is 34.4 Å². The van der Waals surface area contributed by atoms with Crippen molar-refractivity contribution in [3.05, 3.63) is 78.7 Å². The monoisotopic (exact) mass is 920 g/mol. The molecule has 4 heterocycles. The minimum absolute atomic E-state index is 0. The fraction of sp³-hybridized carbons (Fsp3) is 0.278. The summed E-state index contributed by atoms with van der Waals surface area (Å²) in [6, 6.07) is 6.40. The molecule has 22 heteroatoms. The molecule has 40 heavy (non-hydrogen) atoms. The average Bonchev–Trinajstić information content (AvgIpc) is 3.65. The van der Waals surface area contributed by atoms with Crippen molar-refractivity contribution in [2.45, 2.75) is 6.92 Å². The van der Waals surface area contributed by atoms with Gasteiger partial charge in [-0.1, -0.05) is 0 Å². The Morgan fingerprint density at radius 2 is 1.43 bits per heavy atom. The molecule has 0 bridgehead atoms. The van der Waals surface area contributed by atoms with Gasteiger partial charge in [-0.3, -0.25) is 9.19 Å². The number of aromatic nitrogens is 8. The summed E-state index contributed by atoms with van der Waals surface area (Å²) in [4.78, 5) is 0.361. The van der Waals surface area contributed by atoms with E-state index in [0.717, 1.165) is 16.8 Å². The predicted molar refractivity (Wildman–Crippen MR) is 135 cm³/mol. The Kier molecular flexibility index (Phi) is 43.2. The number of nitrogens with one attached hydrogen (secondary N) is 2. The molecule has 0 unspecified atom stereocenters. The van der Waals surface area contributed by atoms with Gasteiger partial charge in [0.2, 0.25) is 0 Å². The molecule has 0 aliphatic rings. The molecule has 0 saturated carbocycles.